The molecule has 0 bridgehead atoms. The van der Waals surface area contributed by atoms with Crippen molar-refractivity contribution in [3.63, 3.8) is 0 Å². The van der Waals surface area contributed by atoms with Crippen molar-refractivity contribution < 1.29 is 32.2 Å². The minimum Gasteiger partial charge on any atom is -0.396 e. The van der Waals surface area contributed by atoms with Crippen molar-refractivity contribution in [3.05, 3.63) is 76.4 Å². The summed E-state index contributed by atoms with van der Waals surface area (Å²) in [6, 6.07) is 9.42. The Bertz CT molecular complexity index is 1450. The molecule has 4 heterocycles. The fraction of sp³-hybridized carbons (Fsp3) is 0.483. The van der Waals surface area contributed by atoms with Crippen LogP contribution in [0.15, 0.2) is 42.7 Å². The summed E-state index contributed by atoms with van der Waals surface area (Å²) in [7, 11) is 1.65. The van der Waals surface area contributed by atoms with Gasteiger partial charge in [-0.25, -0.2) is 4.39 Å². The third-order valence-electron chi connectivity index (χ3n) is 8.58. The van der Waals surface area contributed by atoms with Crippen molar-refractivity contribution in [1.29, 1.82) is 0 Å². The number of aliphatic hydroxyl groups excluding tert-OH is 1. The standard InChI is InChI=1S/C29H31F4N5O3/c1-36-17-34-35-26(36)25(30)28(15-41-16-28)20-5-2-6-21(10-20)38-13-23-22(27(38)40)8-19(9-24(23)29(31,32)33)12-37-7-3-4-18(11-37)14-39/h2,5-6,8-10,17-18,25,39H,3-4,7,11-16H2,1H3/t18-,25+/m0/s1. The Morgan fingerprint density at radius 3 is 2.68 bits per heavy atom. The summed E-state index contributed by atoms with van der Waals surface area (Å²) in [6.45, 7) is 1.55. The largest absolute Gasteiger partial charge is 0.416 e. The molecule has 2 aromatic carbocycles. The van der Waals surface area contributed by atoms with E-state index in [2.05, 4.69) is 10.2 Å². The summed E-state index contributed by atoms with van der Waals surface area (Å²) >= 11 is 0. The van der Waals surface area contributed by atoms with Gasteiger partial charge in [-0.3, -0.25) is 9.69 Å². The summed E-state index contributed by atoms with van der Waals surface area (Å²) < 4.78 is 65.5. The molecule has 6 rings (SSSR count). The third-order valence-corrected chi connectivity index (χ3v) is 8.58. The number of aliphatic hydroxyl groups is 1. The molecule has 41 heavy (non-hydrogen) atoms. The van der Waals surface area contributed by atoms with Gasteiger partial charge in [-0.2, -0.15) is 13.2 Å². The molecule has 2 fully saturated rings. The second-order valence-corrected chi connectivity index (χ2v) is 11.3. The zero-order valence-electron chi connectivity index (χ0n) is 22.6. The van der Waals surface area contributed by atoms with Crippen LogP contribution >= 0.6 is 0 Å². The lowest BCUT2D eigenvalue weighted by Gasteiger charge is -2.43. The molecular formula is C29H31F4N5O3. The first-order chi connectivity index (χ1) is 19.6. The van der Waals surface area contributed by atoms with Crippen LogP contribution in [0.4, 0.5) is 23.2 Å². The highest BCUT2D eigenvalue weighted by Crippen LogP contribution is 2.47. The Hall–Kier alpha value is -3.35. The summed E-state index contributed by atoms with van der Waals surface area (Å²) in [5, 5.41) is 17.2. The molecule has 8 nitrogen and oxygen atoms in total. The maximum absolute atomic E-state index is 15.9. The number of carbonyl (C=O) groups excluding carboxylic acids is 1. The van der Waals surface area contributed by atoms with Crippen LogP contribution in [0, 0.1) is 5.92 Å². The predicted octanol–water partition coefficient (Wildman–Crippen LogP) is 4.18. The number of alkyl halides is 4. The number of piperidine rings is 1. The molecule has 0 saturated carbocycles. The van der Waals surface area contributed by atoms with Crippen LogP contribution in [0.25, 0.3) is 0 Å². The maximum atomic E-state index is 15.9. The van der Waals surface area contributed by atoms with E-state index in [-0.39, 0.29) is 55.8 Å². The Labute approximate surface area is 234 Å². The van der Waals surface area contributed by atoms with Crippen molar-refractivity contribution >= 4 is 11.6 Å². The predicted molar refractivity (Wildman–Crippen MR) is 141 cm³/mol. The fourth-order valence-electron chi connectivity index (χ4n) is 6.26. The first-order valence-corrected chi connectivity index (χ1v) is 13.6. The molecule has 218 valence electrons. The lowest BCUT2D eigenvalue weighted by molar-refractivity contribution is -0.138. The molecule has 2 saturated heterocycles. The second kappa shape index (κ2) is 10.5. The third kappa shape index (κ3) is 4.91. The summed E-state index contributed by atoms with van der Waals surface area (Å²) in [5.74, 6) is -0.295. The number of benzene rings is 2. The minimum absolute atomic E-state index is 0.0279. The molecule has 12 heteroatoms. The highest BCUT2D eigenvalue weighted by molar-refractivity contribution is 6.10. The molecule has 3 aliphatic heterocycles. The van der Waals surface area contributed by atoms with E-state index in [0.29, 0.717) is 23.4 Å². The number of ether oxygens (including phenoxy) is 1. The molecule has 0 aliphatic carbocycles. The van der Waals surface area contributed by atoms with Gasteiger partial charge in [0.25, 0.3) is 5.91 Å². The molecule has 0 unspecified atom stereocenters. The van der Waals surface area contributed by atoms with E-state index in [1.807, 2.05) is 4.90 Å². The van der Waals surface area contributed by atoms with Gasteiger partial charge in [-0.15, -0.1) is 10.2 Å². The number of amides is 1. The van der Waals surface area contributed by atoms with Gasteiger partial charge in [0.2, 0.25) is 0 Å². The van der Waals surface area contributed by atoms with E-state index in [0.717, 1.165) is 25.5 Å². The zero-order chi connectivity index (χ0) is 28.9. The molecule has 1 amide bonds. The number of carbonyl (C=O) groups is 1. The van der Waals surface area contributed by atoms with Crippen LogP contribution in [0.5, 0.6) is 0 Å². The quantitative estimate of drug-likeness (QED) is 0.427. The zero-order valence-corrected chi connectivity index (χ0v) is 22.6. The lowest BCUT2D eigenvalue weighted by atomic mass is 9.74. The van der Waals surface area contributed by atoms with Gasteiger partial charge in [0.05, 0.1) is 30.7 Å². The van der Waals surface area contributed by atoms with Crippen LogP contribution in [0.3, 0.4) is 0 Å². The van der Waals surface area contributed by atoms with Crippen molar-refractivity contribution in [1.82, 2.24) is 19.7 Å². The van der Waals surface area contributed by atoms with Gasteiger partial charge in [0.1, 0.15) is 6.33 Å². The summed E-state index contributed by atoms with van der Waals surface area (Å²) in [5.41, 5.74) is -0.543. The number of nitrogens with zero attached hydrogens (tertiary/aromatic N) is 5. The van der Waals surface area contributed by atoms with E-state index in [1.165, 1.54) is 15.8 Å². The smallest absolute Gasteiger partial charge is 0.396 e. The fourth-order valence-corrected chi connectivity index (χ4v) is 6.26. The molecule has 0 spiro atoms. The summed E-state index contributed by atoms with van der Waals surface area (Å²) in [4.78, 5) is 17.0. The molecule has 2 atom stereocenters. The topological polar surface area (TPSA) is 83.7 Å². The van der Waals surface area contributed by atoms with E-state index in [9.17, 15) is 23.1 Å². The van der Waals surface area contributed by atoms with E-state index in [1.54, 1.807) is 37.4 Å². The monoisotopic (exact) mass is 573 g/mol. The highest BCUT2D eigenvalue weighted by atomic mass is 19.4. The Morgan fingerprint density at radius 1 is 1.22 bits per heavy atom. The van der Waals surface area contributed by atoms with Gasteiger partial charge in [0.15, 0.2) is 12.0 Å². The van der Waals surface area contributed by atoms with E-state index >= 15 is 4.39 Å². The van der Waals surface area contributed by atoms with Gasteiger partial charge >= 0.3 is 6.18 Å². The minimum atomic E-state index is -4.64. The Morgan fingerprint density at radius 2 is 2.02 bits per heavy atom. The molecule has 1 N–H and O–H groups in total. The maximum Gasteiger partial charge on any atom is 0.416 e. The van der Waals surface area contributed by atoms with Crippen LogP contribution < -0.4 is 4.90 Å². The number of fused-ring (bicyclic) bond motifs is 1. The van der Waals surface area contributed by atoms with Crippen LogP contribution in [-0.2, 0) is 36.5 Å². The molecule has 3 aliphatic rings. The number of aryl methyl sites for hydroxylation is 1. The number of rotatable bonds is 7. The number of anilines is 1. The molecule has 0 radical (unpaired) electrons. The van der Waals surface area contributed by atoms with Crippen LogP contribution in [-0.4, -0.2) is 63.6 Å². The van der Waals surface area contributed by atoms with Gasteiger partial charge in [-0.05, 0) is 66.3 Å². The van der Waals surface area contributed by atoms with Crippen molar-refractivity contribution in [2.24, 2.45) is 13.0 Å². The Balaban J connectivity index is 1.31. The first-order valence-electron chi connectivity index (χ1n) is 13.6. The van der Waals surface area contributed by atoms with Crippen molar-refractivity contribution in [2.45, 2.75) is 43.7 Å². The average Bonchev–Trinajstić information content (AvgIpc) is 3.50. The summed E-state index contributed by atoms with van der Waals surface area (Å²) in [6.07, 6.45) is -3.03. The SMILES string of the molecule is Cn1cnnc1[C@@H](F)C1(c2cccc(N3Cc4c(cc(CN5CCC[C@H](CO)C5)cc4C(F)(F)F)C3=O)c2)COC1. The van der Waals surface area contributed by atoms with Crippen molar-refractivity contribution in [2.75, 3.05) is 37.8 Å². The van der Waals surface area contributed by atoms with Crippen LogP contribution in [0.1, 0.15) is 57.4 Å². The van der Waals surface area contributed by atoms with Gasteiger partial charge in [-0.1, -0.05) is 12.1 Å². The van der Waals surface area contributed by atoms with Gasteiger partial charge in [0, 0.05) is 38.0 Å². The van der Waals surface area contributed by atoms with Gasteiger partial charge < -0.3 is 19.3 Å². The first kappa shape index (κ1) is 27.8. The second-order valence-electron chi connectivity index (χ2n) is 11.3. The number of likely N-dealkylation sites (tertiary alicyclic amines) is 1. The number of aromatic nitrogens is 3. The Kier molecular flexibility index (Phi) is 7.11. The van der Waals surface area contributed by atoms with Crippen molar-refractivity contribution in [3.8, 4) is 0 Å². The number of hydrogen-bond donors (Lipinski definition) is 1. The average molecular weight is 574 g/mol. The molecule has 3 aromatic rings. The lowest BCUT2D eigenvalue weighted by Crippen LogP contribution is -2.50. The molecular weight excluding hydrogens is 542 g/mol. The molecule has 1 aromatic heterocycles. The van der Waals surface area contributed by atoms with E-state index in [4.69, 9.17) is 4.74 Å². The normalized spacial score (nSPS) is 21.6. The van der Waals surface area contributed by atoms with Crippen LogP contribution in [0.2, 0.25) is 0 Å². The van der Waals surface area contributed by atoms with E-state index < -0.39 is 29.2 Å². The number of hydrogen-bond acceptors (Lipinski definition) is 6. The number of halogens is 4. The highest BCUT2D eigenvalue weighted by Gasteiger charge is 2.51.